The van der Waals surface area contributed by atoms with Gasteiger partial charge in [0.2, 0.25) is 0 Å². The number of para-hydroxylation sites is 1. The fourth-order valence-electron chi connectivity index (χ4n) is 3.21. The monoisotopic (exact) mass is 288 g/mol. The number of nitrogens with two attached hydrogens (primary N) is 1. The molecule has 6 heteroatoms. The molecule has 1 aliphatic heterocycles. The fourth-order valence-corrected chi connectivity index (χ4v) is 3.21. The highest BCUT2D eigenvalue weighted by Crippen LogP contribution is 2.28. The lowest BCUT2D eigenvalue weighted by Crippen LogP contribution is -2.55. The van der Waals surface area contributed by atoms with Gasteiger partial charge in [-0.3, -0.25) is 4.79 Å². The van der Waals surface area contributed by atoms with Crippen LogP contribution in [0.4, 0.5) is 6.01 Å². The van der Waals surface area contributed by atoms with Gasteiger partial charge in [0.1, 0.15) is 5.52 Å². The summed E-state index contributed by atoms with van der Waals surface area (Å²) in [6.45, 7) is 6.20. The number of amides is 1. The molecule has 2 heterocycles. The molecule has 0 saturated carbocycles. The second kappa shape index (κ2) is 5.04. The van der Waals surface area contributed by atoms with Crippen LogP contribution in [0.1, 0.15) is 24.2 Å². The Balaban J connectivity index is 2.05. The van der Waals surface area contributed by atoms with E-state index in [1.54, 1.807) is 12.1 Å². The van der Waals surface area contributed by atoms with Crippen molar-refractivity contribution < 1.29 is 9.21 Å². The molecule has 1 aliphatic rings. The molecule has 2 unspecified atom stereocenters. The summed E-state index contributed by atoms with van der Waals surface area (Å²) in [5.41, 5.74) is 6.94. The Morgan fingerprint density at radius 3 is 2.62 bits per heavy atom. The summed E-state index contributed by atoms with van der Waals surface area (Å²) in [6, 6.07) is 6.39. The summed E-state index contributed by atoms with van der Waals surface area (Å²) in [4.78, 5) is 20.5. The van der Waals surface area contributed by atoms with Crippen LogP contribution in [0.15, 0.2) is 22.6 Å². The van der Waals surface area contributed by atoms with Crippen molar-refractivity contribution in [2.45, 2.75) is 25.9 Å². The molecule has 21 heavy (non-hydrogen) atoms. The molecule has 2 N–H and O–H groups in total. The highest BCUT2D eigenvalue weighted by atomic mass is 16.4. The molecular formula is C15H20N4O2. The van der Waals surface area contributed by atoms with Crippen molar-refractivity contribution in [1.82, 2.24) is 9.88 Å². The Morgan fingerprint density at radius 1 is 1.33 bits per heavy atom. The first-order valence-corrected chi connectivity index (χ1v) is 7.13. The first kappa shape index (κ1) is 13.9. The number of benzene rings is 1. The van der Waals surface area contributed by atoms with Gasteiger partial charge in [-0.1, -0.05) is 6.07 Å². The van der Waals surface area contributed by atoms with Gasteiger partial charge in [-0.2, -0.15) is 4.98 Å². The van der Waals surface area contributed by atoms with Gasteiger partial charge in [-0.25, -0.2) is 0 Å². The number of carbonyl (C=O) groups excluding carboxylic acids is 1. The zero-order valence-electron chi connectivity index (χ0n) is 12.5. The highest BCUT2D eigenvalue weighted by molar-refractivity contribution is 6.03. The number of rotatable bonds is 2. The lowest BCUT2D eigenvalue weighted by molar-refractivity contribution is 0.100. The Morgan fingerprint density at radius 2 is 2.00 bits per heavy atom. The first-order chi connectivity index (χ1) is 9.97. The molecule has 2 atom stereocenters. The molecule has 0 spiro atoms. The SMILES string of the molecule is CC1CN(C)CC(C)N1c1nc2c(C(N)=O)cccc2o1. The van der Waals surface area contributed by atoms with Crippen molar-refractivity contribution in [2.24, 2.45) is 5.73 Å². The third-order valence-corrected chi connectivity index (χ3v) is 4.00. The number of hydrogen-bond acceptors (Lipinski definition) is 5. The predicted octanol–water partition coefficient (Wildman–Crippen LogP) is 1.46. The molecule has 112 valence electrons. The molecule has 1 fully saturated rings. The third kappa shape index (κ3) is 2.35. The minimum atomic E-state index is -0.486. The van der Waals surface area contributed by atoms with Gasteiger partial charge < -0.3 is 20.0 Å². The van der Waals surface area contributed by atoms with Crippen LogP contribution in [0, 0.1) is 0 Å². The van der Waals surface area contributed by atoms with E-state index in [2.05, 4.69) is 35.7 Å². The maximum absolute atomic E-state index is 11.5. The number of fused-ring (bicyclic) bond motifs is 1. The molecule has 0 bridgehead atoms. The maximum Gasteiger partial charge on any atom is 0.298 e. The van der Waals surface area contributed by atoms with E-state index >= 15 is 0 Å². The Kier molecular flexibility index (Phi) is 3.33. The number of aromatic nitrogens is 1. The number of likely N-dealkylation sites (N-methyl/N-ethyl adjacent to an activating group) is 1. The van der Waals surface area contributed by atoms with Gasteiger partial charge in [0, 0.05) is 25.2 Å². The van der Waals surface area contributed by atoms with Crippen molar-refractivity contribution >= 4 is 23.0 Å². The van der Waals surface area contributed by atoms with Crippen LogP contribution in [0.3, 0.4) is 0 Å². The number of hydrogen-bond donors (Lipinski definition) is 1. The van der Waals surface area contributed by atoms with E-state index in [1.807, 2.05) is 6.07 Å². The van der Waals surface area contributed by atoms with Crippen LogP contribution in [0.2, 0.25) is 0 Å². The smallest absolute Gasteiger partial charge is 0.298 e. The van der Waals surface area contributed by atoms with Crippen LogP contribution in [-0.4, -0.2) is 48.0 Å². The van der Waals surface area contributed by atoms with Crippen LogP contribution in [0.25, 0.3) is 11.1 Å². The summed E-state index contributed by atoms with van der Waals surface area (Å²) in [5, 5.41) is 0. The van der Waals surface area contributed by atoms with Crippen molar-refractivity contribution in [1.29, 1.82) is 0 Å². The molecule has 1 aromatic heterocycles. The second-order valence-corrected chi connectivity index (χ2v) is 5.84. The van der Waals surface area contributed by atoms with Crippen molar-refractivity contribution in [3.63, 3.8) is 0 Å². The average Bonchev–Trinajstić information content (AvgIpc) is 2.79. The number of piperazine rings is 1. The van der Waals surface area contributed by atoms with Crippen LogP contribution >= 0.6 is 0 Å². The van der Waals surface area contributed by atoms with E-state index in [9.17, 15) is 4.79 Å². The van der Waals surface area contributed by atoms with Crippen molar-refractivity contribution in [3.8, 4) is 0 Å². The maximum atomic E-state index is 11.5. The summed E-state index contributed by atoms with van der Waals surface area (Å²) >= 11 is 0. The minimum Gasteiger partial charge on any atom is -0.423 e. The molecule has 1 saturated heterocycles. The van der Waals surface area contributed by atoms with Crippen molar-refractivity contribution in [3.05, 3.63) is 23.8 Å². The summed E-state index contributed by atoms with van der Waals surface area (Å²) in [7, 11) is 2.11. The zero-order chi connectivity index (χ0) is 15.1. The number of primary amides is 1. The van der Waals surface area contributed by atoms with Gasteiger partial charge in [0.25, 0.3) is 11.9 Å². The van der Waals surface area contributed by atoms with E-state index < -0.39 is 5.91 Å². The highest BCUT2D eigenvalue weighted by Gasteiger charge is 2.31. The normalized spacial score (nSPS) is 23.7. The van der Waals surface area contributed by atoms with Gasteiger partial charge in [0.15, 0.2) is 5.58 Å². The largest absolute Gasteiger partial charge is 0.423 e. The Bertz CT molecular complexity index is 669. The zero-order valence-corrected chi connectivity index (χ0v) is 12.5. The van der Waals surface area contributed by atoms with Crippen molar-refractivity contribution in [2.75, 3.05) is 25.0 Å². The number of carbonyl (C=O) groups is 1. The van der Waals surface area contributed by atoms with Crippen LogP contribution < -0.4 is 10.6 Å². The topological polar surface area (TPSA) is 75.6 Å². The molecule has 0 radical (unpaired) electrons. The Labute approximate surface area is 123 Å². The molecular weight excluding hydrogens is 268 g/mol. The standard InChI is InChI=1S/C15H20N4O2/c1-9-7-18(3)8-10(2)19(9)15-17-13-11(14(16)20)5-4-6-12(13)21-15/h4-6,9-10H,7-8H2,1-3H3,(H2,16,20). The molecule has 3 rings (SSSR count). The molecule has 6 nitrogen and oxygen atoms in total. The van der Waals surface area contributed by atoms with E-state index in [-0.39, 0.29) is 0 Å². The number of oxazole rings is 1. The van der Waals surface area contributed by atoms with Crippen LogP contribution in [0.5, 0.6) is 0 Å². The molecule has 1 aromatic carbocycles. The van der Waals surface area contributed by atoms with Gasteiger partial charge in [0.05, 0.1) is 5.56 Å². The summed E-state index contributed by atoms with van der Waals surface area (Å²) in [6.07, 6.45) is 0. The van der Waals surface area contributed by atoms with Gasteiger partial charge in [-0.15, -0.1) is 0 Å². The van der Waals surface area contributed by atoms with E-state index in [1.165, 1.54) is 0 Å². The van der Waals surface area contributed by atoms with Crippen LogP contribution in [-0.2, 0) is 0 Å². The second-order valence-electron chi connectivity index (χ2n) is 5.84. The van der Waals surface area contributed by atoms with E-state index in [4.69, 9.17) is 10.2 Å². The molecule has 0 aliphatic carbocycles. The van der Waals surface area contributed by atoms with E-state index in [0.29, 0.717) is 34.8 Å². The molecule has 1 amide bonds. The average molecular weight is 288 g/mol. The third-order valence-electron chi connectivity index (χ3n) is 4.00. The van der Waals surface area contributed by atoms with E-state index in [0.717, 1.165) is 13.1 Å². The number of nitrogens with zero attached hydrogens (tertiary/aromatic N) is 3. The molecule has 2 aromatic rings. The lowest BCUT2D eigenvalue weighted by atomic mass is 10.1. The summed E-state index contributed by atoms with van der Waals surface area (Å²) in [5.74, 6) is -0.486. The lowest BCUT2D eigenvalue weighted by Gasteiger charge is -2.42. The Hall–Kier alpha value is -2.08. The quantitative estimate of drug-likeness (QED) is 0.905. The fraction of sp³-hybridized carbons (Fsp3) is 0.467. The van der Waals surface area contributed by atoms with Gasteiger partial charge >= 0.3 is 0 Å². The first-order valence-electron chi connectivity index (χ1n) is 7.13. The van der Waals surface area contributed by atoms with Gasteiger partial charge in [-0.05, 0) is 33.0 Å². The summed E-state index contributed by atoms with van der Waals surface area (Å²) < 4.78 is 5.86. The predicted molar refractivity (Wildman–Crippen MR) is 81.4 cm³/mol. The number of anilines is 1. The minimum absolute atomic E-state index is 0.295.